The van der Waals surface area contributed by atoms with Crippen LogP contribution in [-0.2, 0) is 21.4 Å². The fourth-order valence-corrected chi connectivity index (χ4v) is 3.96. The van der Waals surface area contributed by atoms with Crippen molar-refractivity contribution in [3.63, 3.8) is 0 Å². The van der Waals surface area contributed by atoms with Crippen molar-refractivity contribution in [2.75, 3.05) is 0 Å². The van der Waals surface area contributed by atoms with Gasteiger partial charge in [0.05, 0.1) is 4.90 Å². The molecule has 1 atom stereocenters. The molecular formula is C17H22N2O3S. The molecule has 23 heavy (non-hydrogen) atoms. The zero-order valence-electron chi connectivity index (χ0n) is 13.0. The lowest BCUT2D eigenvalue weighted by molar-refractivity contribution is -0.121. The molecule has 0 spiro atoms. The minimum Gasteiger partial charge on any atom is -0.352 e. The van der Waals surface area contributed by atoms with Crippen LogP contribution >= 0.6 is 0 Å². The zero-order valence-corrected chi connectivity index (χ0v) is 13.8. The summed E-state index contributed by atoms with van der Waals surface area (Å²) in [5.74, 6) is 0.393. The van der Waals surface area contributed by atoms with Crippen LogP contribution in [0.5, 0.6) is 0 Å². The van der Waals surface area contributed by atoms with Crippen molar-refractivity contribution in [3.8, 4) is 0 Å². The maximum atomic E-state index is 12.1. The van der Waals surface area contributed by atoms with Crippen LogP contribution in [0.4, 0.5) is 0 Å². The van der Waals surface area contributed by atoms with Crippen LogP contribution in [0.3, 0.4) is 0 Å². The third-order valence-electron chi connectivity index (χ3n) is 4.18. The van der Waals surface area contributed by atoms with E-state index in [1.807, 2.05) is 0 Å². The van der Waals surface area contributed by atoms with Gasteiger partial charge in [-0.1, -0.05) is 24.3 Å². The van der Waals surface area contributed by atoms with Gasteiger partial charge in [-0.15, -0.1) is 0 Å². The largest absolute Gasteiger partial charge is 0.352 e. The average Bonchev–Trinajstić information content (AvgIpc) is 3.17. The van der Waals surface area contributed by atoms with Gasteiger partial charge in [0.1, 0.15) is 0 Å². The molecule has 3 rings (SSSR count). The number of nitrogens with one attached hydrogen (secondary N) is 2. The van der Waals surface area contributed by atoms with E-state index >= 15 is 0 Å². The van der Waals surface area contributed by atoms with E-state index in [0.29, 0.717) is 18.9 Å². The second-order valence-corrected chi connectivity index (χ2v) is 8.00. The van der Waals surface area contributed by atoms with Crippen molar-refractivity contribution in [2.45, 2.75) is 49.6 Å². The number of benzene rings is 1. The second kappa shape index (κ2) is 6.84. The molecule has 1 saturated carbocycles. The topological polar surface area (TPSA) is 75.3 Å². The van der Waals surface area contributed by atoms with Gasteiger partial charge in [0.25, 0.3) is 0 Å². The van der Waals surface area contributed by atoms with E-state index in [2.05, 4.69) is 22.2 Å². The second-order valence-electron chi connectivity index (χ2n) is 6.29. The summed E-state index contributed by atoms with van der Waals surface area (Å²) in [6, 6.07) is 6.77. The van der Waals surface area contributed by atoms with Gasteiger partial charge in [-0.05, 0) is 49.3 Å². The quantitative estimate of drug-likeness (QED) is 0.750. The summed E-state index contributed by atoms with van der Waals surface area (Å²) in [5.41, 5.74) is 0.894. The summed E-state index contributed by atoms with van der Waals surface area (Å²) in [5, 5.41) is 2.89. The van der Waals surface area contributed by atoms with Crippen LogP contribution in [0.25, 0.3) is 0 Å². The number of sulfonamides is 1. The van der Waals surface area contributed by atoms with Crippen LogP contribution in [0.2, 0.25) is 0 Å². The van der Waals surface area contributed by atoms with E-state index in [4.69, 9.17) is 0 Å². The number of carbonyl (C=O) groups excluding carboxylic acids is 1. The number of hydrogen-bond donors (Lipinski definition) is 2. The molecule has 2 N–H and O–H groups in total. The first-order chi connectivity index (χ1) is 11.0. The predicted octanol–water partition coefficient (Wildman–Crippen LogP) is 2.10. The summed E-state index contributed by atoms with van der Waals surface area (Å²) in [7, 11) is -3.41. The molecule has 1 aromatic carbocycles. The lowest BCUT2D eigenvalue weighted by Gasteiger charge is -2.10. The molecule has 0 aromatic heterocycles. The maximum absolute atomic E-state index is 12.1. The molecule has 0 saturated heterocycles. The zero-order chi connectivity index (χ0) is 16.3. The lowest BCUT2D eigenvalue weighted by atomic mass is 10.1. The molecule has 0 heterocycles. The van der Waals surface area contributed by atoms with Gasteiger partial charge < -0.3 is 5.32 Å². The molecule has 2 aliphatic carbocycles. The molecule has 5 nitrogen and oxygen atoms in total. The molecule has 0 aliphatic heterocycles. The molecule has 1 fully saturated rings. The van der Waals surface area contributed by atoms with E-state index in [-0.39, 0.29) is 16.8 Å². The van der Waals surface area contributed by atoms with Crippen LogP contribution in [-0.4, -0.2) is 20.4 Å². The van der Waals surface area contributed by atoms with Crippen molar-refractivity contribution in [1.29, 1.82) is 0 Å². The highest BCUT2D eigenvalue weighted by molar-refractivity contribution is 7.89. The van der Waals surface area contributed by atoms with Crippen molar-refractivity contribution < 1.29 is 13.2 Å². The Kier molecular flexibility index (Phi) is 4.82. The van der Waals surface area contributed by atoms with E-state index in [1.165, 1.54) is 0 Å². The smallest absolute Gasteiger partial charge is 0.240 e. The first kappa shape index (κ1) is 16.2. The normalized spacial score (nSPS) is 20.6. The fraction of sp³-hybridized carbons (Fsp3) is 0.471. The first-order valence-corrected chi connectivity index (χ1v) is 9.56. The van der Waals surface area contributed by atoms with Crippen molar-refractivity contribution in [2.24, 2.45) is 5.92 Å². The number of carbonyl (C=O) groups is 1. The summed E-state index contributed by atoms with van der Waals surface area (Å²) in [4.78, 5) is 12.1. The summed E-state index contributed by atoms with van der Waals surface area (Å²) in [6.45, 7) is 0.422. The van der Waals surface area contributed by atoms with E-state index in [9.17, 15) is 13.2 Å². The minimum absolute atomic E-state index is 0.0358. The SMILES string of the molecule is O=C(CC1C=CCC1)NCc1ccc(S(=O)(=O)NC2CC2)cc1. The molecule has 1 unspecified atom stereocenters. The highest BCUT2D eigenvalue weighted by Crippen LogP contribution is 2.22. The summed E-state index contributed by atoms with van der Waals surface area (Å²) in [6.07, 6.45) is 8.68. The molecule has 6 heteroatoms. The van der Waals surface area contributed by atoms with Gasteiger partial charge in [0, 0.05) is 19.0 Å². The highest BCUT2D eigenvalue weighted by Gasteiger charge is 2.27. The Bertz CT molecular complexity index is 691. The lowest BCUT2D eigenvalue weighted by Crippen LogP contribution is -2.26. The third kappa shape index (κ3) is 4.65. The van der Waals surface area contributed by atoms with Crippen LogP contribution in [0.1, 0.15) is 37.7 Å². The molecule has 0 bridgehead atoms. The van der Waals surface area contributed by atoms with E-state index < -0.39 is 10.0 Å². The predicted molar refractivity (Wildman–Crippen MR) is 88.1 cm³/mol. The Morgan fingerprint density at radius 2 is 1.87 bits per heavy atom. The fourth-order valence-electron chi connectivity index (χ4n) is 2.65. The van der Waals surface area contributed by atoms with Crippen molar-refractivity contribution in [1.82, 2.24) is 10.0 Å². The van der Waals surface area contributed by atoms with Crippen LogP contribution in [0.15, 0.2) is 41.3 Å². The Balaban J connectivity index is 1.50. The van der Waals surface area contributed by atoms with Crippen LogP contribution < -0.4 is 10.0 Å². The molecule has 1 aromatic rings. The Labute approximate surface area is 137 Å². The average molecular weight is 334 g/mol. The summed E-state index contributed by atoms with van der Waals surface area (Å²) >= 11 is 0. The molecule has 1 amide bonds. The number of allylic oxidation sites excluding steroid dienone is 2. The van der Waals surface area contributed by atoms with E-state index in [1.54, 1.807) is 24.3 Å². The molecule has 0 radical (unpaired) electrons. The number of hydrogen-bond acceptors (Lipinski definition) is 3. The van der Waals surface area contributed by atoms with E-state index in [0.717, 1.165) is 31.2 Å². The van der Waals surface area contributed by atoms with Crippen molar-refractivity contribution >= 4 is 15.9 Å². The molecule has 124 valence electrons. The minimum atomic E-state index is -3.41. The summed E-state index contributed by atoms with van der Waals surface area (Å²) < 4.78 is 26.8. The van der Waals surface area contributed by atoms with Crippen molar-refractivity contribution in [3.05, 3.63) is 42.0 Å². The van der Waals surface area contributed by atoms with Gasteiger partial charge in [0.2, 0.25) is 15.9 Å². The van der Waals surface area contributed by atoms with Gasteiger partial charge >= 0.3 is 0 Å². The van der Waals surface area contributed by atoms with Gasteiger partial charge in [0.15, 0.2) is 0 Å². The Hall–Kier alpha value is -1.66. The molecular weight excluding hydrogens is 312 g/mol. The van der Waals surface area contributed by atoms with Gasteiger partial charge in [-0.2, -0.15) is 0 Å². The monoisotopic (exact) mass is 334 g/mol. The van der Waals surface area contributed by atoms with Crippen LogP contribution in [0, 0.1) is 5.92 Å². The Morgan fingerprint density at radius 1 is 1.13 bits per heavy atom. The Morgan fingerprint density at radius 3 is 2.48 bits per heavy atom. The maximum Gasteiger partial charge on any atom is 0.240 e. The number of amides is 1. The van der Waals surface area contributed by atoms with Gasteiger partial charge in [-0.3, -0.25) is 4.79 Å². The number of rotatable bonds is 7. The van der Waals surface area contributed by atoms with Gasteiger partial charge in [-0.25, -0.2) is 13.1 Å². The third-order valence-corrected chi connectivity index (χ3v) is 5.72. The molecule has 2 aliphatic rings. The highest BCUT2D eigenvalue weighted by atomic mass is 32.2. The first-order valence-electron chi connectivity index (χ1n) is 8.07. The standard InChI is InChI=1S/C17H22N2O3S/c20-17(11-13-3-1-2-4-13)18-12-14-5-9-16(10-6-14)23(21,22)19-15-7-8-15/h1,3,5-6,9-10,13,15,19H,2,4,7-8,11-12H2,(H,18,20).